The van der Waals surface area contributed by atoms with Crippen LogP contribution in [0.1, 0.15) is 30.1 Å². The van der Waals surface area contributed by atoms with Crippen LogP contribution in [0.15, 0.2) is 54.2 Å². The quantitative estimate of drug-likeness (QED) is 0.696. The SMILES string of the molecule is O=C(O)CCC1=C(c2ccc(Cl)cc2)NC(=S)NC1c1ccccn1. The van der Waals surface area contributed by atoms with Crippen LogP contribution in [0.5, 0.6) is 0 Å². The summed E-state index contributed by atoms with van der Waals surface area (Å²) in [6.07, 6.45) is 2.10. The molecule has 1 aliphatic heterocycles. The average molecular weight is 374 g/mol. The molecule has 1 aromatic heterocycles. The number of pyridine rings is 1. The van der Waals surface area contributed by atoms with Crippen LogP contribution in [0, 0.1) is 0 Å². The van der Waals surface area contributed by atoms with Gasteiger partial charge in [-0.2, -0.15) is 0 Å². The Bertz CT molecular complexity index is 822. The van der Waals surface area contributed by atoms with E-state index in [4.69, 9.17) is 28.9 Å². The van der Waals surface area contributed by atoms with Gasteiger partial charge in [0.1, 0.15) is 0 Å². The van der Waals surface area contributed by atoms with Crippen molar-refractivity contribution < 1.29 is 9.90 Å². The Morgan fingerprint density at radius 1 is 1.24 bits per heavy atom. The van der Waals surface area contributed by atoms with Gasteiger partial charge in [0.2, 0.25) is 0 Å². The van der Waals surface area contributed by atoms with E-state index in [-0.39, 0.29) is 12.5 Å². The molecule has 0 saturated heterocycles. The minimum absolute atomic E-state index is 0.0197. The summed E-state index contributed by atoms with van der Waals surface area (Å²) >= 11 is 11.3. The first-order valence-corrected chi connectivity index (χ1v) is 8.52. The lowest BCUT2D eigenvalue weighted by Crippen LogP contribution is -2.43. The summed E-state index contributed by atoms with van der Waals surface area (Å²) in [5.74, 6) is -0.851. The zero-order valence-electron chi connectivity index (χ0n) is 13.2. The Labute approximate surface area is 155 Å². The lowest BCUT2D eigenvalue weighted by molar-refractivity contribution is -0.136. The number of aromatic nitrogens is 1. The second-order valence-corrected chi connectivity index (χ2v) is 6.43. The molecule has 2 aromatic rings. The number of carbonyl (C=O) groups is 1. The van der Waals surface area contributed by atoms with E-state index in [1.165, 1.54) is 0 Å². The lowest BCUT2D eigenvalue weighted by atomic mass is 9.92. The maximum atomic E-state index is 11.1. The molecule has 1 aliphatic rings. The number of rotatable bonds is 5. The van der Waals surface area contributed by atoms with Crippen LogP contribution in [0.2, 0.25) is 5.02 Å². The topological polar surface area (TPSA) is 74.2 Å². The molecule has 0 bridgehead atoms. The van der Waals surface area contributed by atoms with Crippen LogP contribution in [-0.4, -0.2) is 21.2 Å². The highest BCUT2D eigenvalue weighted by Crippen LogP contribution is 2.33. The molecule has 2 heterocycles. The number of carboxylic acid groups (broad SMARTS) is 1. The summed E-state index contributed by atoms with van der Waals surface area (Å²) < 4.78 is 0. The number of benzene rings is 1. The van der Waals surface area contributed by atoms with Crippen molar-refractivity contribution in [3.63, 3.8) is 0 Å². The van der Waals surface area contributed by atoms with Crippen LogP contribution < -0.4 is 10.6 Å². The average Bonchev–Trinajstić information content (AvgIpc) is 2.61. The molecular weight excluding hydrogens is 358 g/mol. The van der Waals surface area contributed by atoms with Gasteiger partial charge < -0.3 is 15.7 Å². The normalized spacial score (nSPS) is 17.0. The van der Waals surface area contributed by atoms with E-state index in [0.29, 0.717) is 16.6 Å². The summed E-state index contributed by atoms with van der Waals surface area (Å²) in [6.45, 7) is 0. The first-order valence-electron chi connectivity index (χ1n) is 7.74. The highest BCUT2D eigenvalue weighted by Gasteiger charge is 2.28. The fourth-order valence-corrected chi connectivity index (χ4v) is 3.12. The lowest BCUT2D eigenvalue weighted by Gasteiger charge is -2.32. The Balaban J connectivity index is 2.09. The van der Waals surface area contributed by atoms with Gasteiger partial charge in [0, 0.05) is 23.3 Å². The Kier molecular flexibility index (Phi) is 5.31. The number of hydrogen-bond donors (Lipinski definition) is 3. The minimum atomic E-state index is -0.851. The molecule has 0 radical (unpaired) electrons. The largest absolute Gasteiger partial charge is 0.481 e. The number of nitrogens with one attached hydrogen (secondary N) is 2. The number of nitrogens with zero attached hydrogens (tertiary/aromatic N) is 1. The van der Waals surface area contributed by atoms with E-state index < -0.39 is 5.97 Å². The van der Waals surface area contributed by atoms with Crippen molar-refractivity contribution in [2.45, 2.75) is 18.9 Å². The Morgan fingerprint density at radius 3 is 2.64 bits per heavy atom. The molecular formula is C18H16ClN3O2S. The van der Waals surface area contributed by atoms with Gasteiger partial charge in [0.25, 0.3) is 0 Å². The van der Waals surface area contributed by atoms with Crippen molar-refractivity contribution in [1.29, 1.82) is 0 Å². The van der Waals surface area contributed by atoms with Gasteiger partial charge in [0.15, 0.2) is 5.11 Å². The van der Waals surface area contributed by atoms with Crippen molar-refractivity contribution in [2.24, 2.45) is 0 Å². The molecule has 1 atom stereocenters. The molecule has 3 N–H and O–H groups in total. The van der Waals surface area contributed by atoms with Crippen molar-refractivity contribution in [3.05, 3.63) is 70.5 Å². The van der Waals surface area contributed by atoms with Gasteiger partial charge in [-0.05, 0) is 54.0 Å². The zero-order chi connectivity index (χ0) is 17.8. The molecule has 128 valence electrons. The minimum Gasteiger partial charge on any atom is -0.481 e. The van der Waals surface area contributed by atoms with Gasteiger partial charge in [-0.1, -0.05) is 29.8 Å². The third-order valence-electron chi connectivity index (χ3n) is 3.91. The summed E-state index contributed by atoms with van der Waals surface area (Å²) in [5.41, 5.74) is 3.39. The number of halogens is 1. The standard InChI is InChI=1S/C18H16ClN3O2S/c19-12-6-4-11(5-7-12)16-13(8-9-15(23)24)17(22-18(25)21-16)14-3-1-2-10-20-14/h1-7,10,17H,8-9H2,(H,23,24)(H2,21,22,25). The summed E-state index contributed by atoms with van der Waals surface area (Å²) in [6, 6.07) is 12.7. The molecule has 25 heavy (non-hydrogen) atoms. The first kappa shape index (κ1) is 17.4. The summed E-state index contributed by atoms with van der Waals surface area (Å²) in [7, 11) is 0. The van der Waals surface area contributed by atoms with Gasteiger partial charge in [-0.25, -0.2) is 0 Å². The molecule has 7 heteroatoms. The van der Waals surface area contributed by atoms with Crippen LogP contribution in [-0.2, 0) is 4.79 Å². The molecule has 0 fully saturated rings. The number of hydrogen-bond acceptors (Lipinski definition) is 3. The second kappa shape index (κ2) is 7.63. The van der Waals surface area contributed by atoms with Crippen molar-refractivity contribution >= 4 is 40.6 Å². The molecule has 5 nitrogen and oxygen atoms in total. The predicted molar refractivity (Wildman–Crippen MR) is 101 cm³/mol. The fourth-order valence-electron chi connectivity index (χ4n) is 2.78. The smallest absolute Gasteiger partial charge is 0.303 e. The zero-order valence-corrected chi connectivity index (χ0v) is 14.8. The van der Waals surface area contributed by atoms with Crippen molar-refractivity contribution in [2.75, 3.05) is 0 Å². The van der Waals surface area contributed by atoms with Crippen LogP contribution >= 0.6 is 23.8 Å². The molecule has 1 unspecified atom stereocenters. The maximum absolute atomic E-state index is 11.1. The monoisotopic (exact) mass is 373 g/mol. The van der Waals surface area contributed by atoms with Crippen molar-refractivity contribution in [3.8, 4) is 0 Å². The van der Waals surface area contributed by atoms with Gasteiger partial charge in [-0.3, -0.25) is 9.78 Å². The maximum Gasteiger partial charge on any atom is 0.303 e. The third-order valence-corrected chi connectivity index (χ3v) is 4.38. The summed E-state index contributed by atoms with van der Waals surface area (Å²) in [5, 5.41) is 16.6. The molecule has 0 amide bonds. The highest BCUT2D eigenvalue weighted by molar-refractivity contribution is 7.80. The van der Waals surface area contributed by atoms with E-state index in [2.05, 4.69) is 15.6 Å². The van der Waals surface area contributed by atoms with Crippen LogP contribution in [0.3, 0.4) is 0 Å². The van der Waals surface area contributed by atoms with E-state index in [1.54, 1.807) is 18.3 Å². The molecule has 1 aromatic carbocycles. The summed E-state index contributed by atoms with van der Waals surface area (Å²) in [4.78, 5) is 15.5. The number of thiocarbonyl (C=S) groups is 1. The Morgan fingerprint density at radius 2 is 2.00 bits per heavy atom. The third kappa shape index (κ3) is 4.15. The first-order chi connectivity index (χ1) is 12.0. The molecule has 0 spiro atoms. The molecule has 3 rings (SSSR count). The van der Waals surface area contributed by atoms with E-state index in [0.717, 1.165) is 22.5 Å². The van der Waals surface area contributed by atoms with E-state index in [1.807, 2.05) is 30.3 Å². The van der Waals surface area contributed by atoms with Crippen LogP contribution in [0.25, 0.3) is 5.70 Å². The second-order valence-electron chi connectivity index (χ2n) is 5.59. The van der Waals surface area contributed by atoms with Gasteiger partial charge in [-0.15, -0.1) is 0 Å². The van der Waals surface area contributed by atoms with Gasteiger partial charge in [0.05, 0.1) is 11.7 Å². The Hall–Kier alpha value is -2.44. The fraction of sp³-hybridized carbons (Fsp3) is 0.167. The predicted octanol–water partition coefficient (Wildman–Crippen LogP) is 3.53. The van der Waals surface area contributed by atoms with E-state index >= 15 is 0 Å². The highest BCUT2D eigenvalue weighted by atomic mass is 35.5. The van der Waals surface area contributed by atoms with Crippen LogP contribution in [0.4, 0.5) is 0 Å². The molecule has 0 saturated carbocycles. The molecule has 0 aliphatic carbocycles. The number of carboxylic acids is 1. The van der Waals surface area contributed by atoms with Crippen molar-refractivity contribution in [1.82, 2.24) is 15.6 Å². The number of aliphatic carboxylic acids is 1. The van der Waals surface area contributed by atoms with E-state index in [9.17, 15) is 4.79 Å². The van der Waals surface area contributed by atoms with Gasteiger partial charge >= 0.3 is 5.97 Å².